The van der Waals surface area contributed by atoms with Gasteiger partial charge in [-0.05, 0) is 37.1 Å². The number of aryl methyl sites for hydroxylation is 2. The summed E-state index contributed by atoms with van der Waals surface area (Å²) in [7, 11) is 0. The van der Waals surface area contributed by atoms with E-state index in [1.54, 1.807) is 0 Å². The molecule has 0 saturated carbocycles. The van der Waals surface area contributed by atoms with Crippen molar-refractivity contribution in [3.05, 3.63) is 70.3 Å². The fourth-order valence-corrected chi connectivity index (χ4v) is 5.02. The van der Waals surface area contributed by atoms with Gasteiger partial charge in [0.25, 0.3) is 17.8 Å². The Hall–Kier alpha value is -3.10. The van der Waals surface area contributed by atoms with Crippen LogP contribution in [0, 0.1) is 13.8 Å². The molecule has 5 rings (SSSR count). The fourth-order valence-electron chi connectivity index (χ4n) is 5.02. The van der Waals surface area contributed by atoms with Gasteiger partial charge in [-0.15, -0.1) is 4.67 Å². The molecule has 152 valence electrons. The zero-order valence-electron chi connectivity index (χ0n) is 17.9. The van der Waals surface area contributed by atoms with Crippen LogP contribution in [0.4, 0.5) is 0 Å². The van der Waals surface area contributed by atoms with Gasteiger partial charge in [0, 0.05) is 44.0 Å². The first-order chi connectivity index (χ1) is 14.5. The summed E-state index contributed by atoms with van der Waals surface area (Å²) in [5.74, 6) is 1.07. The lowest BCUT2D eigenvalue weighted by atomic mass is 9.76. The van der Waals surface area contributed by atoms with Crippen molar-refractivity contribution < 1.29 is 9.53 Å². The molecule has 3 aliphatic rings. The molecular formula is C26H27N2O2+. The predicted octanol–water partition coefficient (Wildman–Crippen LogP) is 4.13. The monoisotopic (exact) mass is 399 g/mol. The molecule has 0 unspecified atom stereocenters. The van der Waals surface area contributed by atoms with E-state index in [2.05, 4.69) is 42.8 Å². The van der Waals surface area contributed by atoms with E-state index in [1.165, 1.54) is 22.3 Å². The minimum Gasteiger partial charge on any atom is -0.482 e. The molecule has 3 aliphatic heterocycles. The molecule has 0 N–H and O–H groups in total. The number of allylic oxidation sites excluding steroid dienone is 1. The SMILES string of the molecule is CC1=[N+]=CC2=C(C1)c1ccccc1OC21CCN(C(=O)c2ccc(C)cc2C)CC1. The number of carbonyl (C=O) groups excluding carboxylic acids is 1. The molecule has 0 aromatic heterocycles. The Morgan fingerprint density at radius 1 is 1.07 bits per heavy atom. The molecule has 30 heavy (non-hydrogen) atoms. The van der Waals surface area contributed by atoms with Crippen LogP contribution in [-0.4, -0.2) is 41.4 Å². The highest BCUT2D eigenvalue weighted by Gasteiger charge is 2.48. The average Bonchev–Trinajstić information content (AvgIpc) is 2.74. The van der Waals surface area contributed by atoms with E-state index in [4.69, 9.17) is 4.74 Å². The maximum absolute atomic E-state index is 13.2. The Kier molecular flexibility index (Phi) is 4.41. The Bertz CT molecular complexity index is 1140. The van der Waals surface area contributed by atoms with Crippen molar-refractivity contribution in [2.75, 3.05) is 13.1 Å². The normalized spacial score (nSPS) is 19.2. The summed E-state index contributed by atoms with van der Waals surface area (Å²) >= 11 is 0. The Morgan fingerprint density at radius 3 is 2.60 bits per heavy atom. The highest BCUT2D eigenvalue weighted by Crippen LogP contribution is 2.46. The summed E-state index contributed by atoms with van der Waals surface area (Å²) in [6.07, 6.45) is 4.43. The number of benzene rings is 2. The molecule has 0 radical (unpaired) electrons. The number of hydrogen-bond donors (Lipinski definition) is 0. The van der Waals surface area contributed by atoms with Crippen LogP contribution in [0.2, 0.25) is 0 Å². The molecule has 0 atom stereocenters. The van der Waals surface area contributed by atoms with Gasteiger partial charge in [-0.3, -0.25) is 4.79 Å². The first-order valence-electron chi connectivity index (χ1n) is 10.7. The molecule has 4 heteroatoms. The van der Waals surface area contributed by atoms with Crippen LogP contribution in [0.5, 0.6) is 5.75 Å². The van der Waals surface area contributed by atoms with E-state index < -0.39 is 5.60 Å². The van der Waals surface area contributed by atoms with Gasteiger partial charge in [0.05, 0.1) is 12.0 Å². The highest BCUT2D eigenvalue weighted by molar-refractivity contribution is 6.07. The number of piperidine rings is 1. The Balaban J connectivity index is 1.44. The van der Waals surface area contributed by atoms with Crippen LogP contribution in [0.3, 0.4) is 0 Å². The first kappa shape index (κ1) is 18.9. The predicted molar refractivity (Wildman–Crippen MR) is 121 cm³/mol. The third kappa shape index (κ3) is 3.00. The van der Waals surface area contributed by atoms with Gasteiger partial charge >= 0.3 is 0 Å². The Morgan fingerprint density at radius 2 is 1.83 bits per heavy atom. The van der Waals surface area contributed by atoms with E-state index >= 15 is 0 Å². The summed E-state index contributed by atoms with van der Waals surface area (Å²) in [6, 6.07) is 14.4. The van der Waals surface area contributed by atoms with Crippen LogP contribution < -0.4 is 9.40 Å². The Labute approximate surface area is 177 Å². The molecule has 0 aliphatic carbocycles. The molecule has 1 amide bonds. The summed E-state index contributed by atoms with van der Waals surface area (Å²) < 4.78 is 11.3. The van der Waals surface area contributed by atoms with Crippen molar-refractivity contribution in [2.45, 2.75) is 45.6 Å². The molecule has 1 fully saturated rings. The minimum atomic E-state index is -0.396. The molecule has 2 aromatic carbocycles. The van der Waals surface area contributed by atoms with Gasteiger partial charge < -0.3 is 9.64 Å². The summed E-state index contributed by atoms with van der Waals surface area (Å²) in [5.41, 5.74) is 7.46. The number of amides is 1. The number of ether oxygens (including phenoxy) is 1. The van der Waals surface area contributed by atoms with Crippen molar-refractivity contribution in [3.8, 4) is 5.75 Å². The third-order valence-corrected chi connectivity index (χ3v) is 6.65. The number of carbonyl (C=O) groups is 1. The second-order valence-corrected chi connectivity index (χ2v) is 8.77. The summed E-state index contributed by atoms with van der Waals surface area (Å²) in [6.45, 7) is 7.51. The van der Waals surface area contributed by atoms with E-state index in [9.17, 15) is 4.79 Å². The third-order valence-electron chi connectivity index (χ3n) is 6.65. The molecular weight excluding hydrogens is 372 g/mol. The van der Waals surface area contributed by atoms with Crippen LogP contribution in [0.25, 0.3) is 5.57 Å². The molecule has 2 aromatic rings. The van der Waals surface area contributed by atoms with Gasteiger partial charge in [0.1, 0.15) is 11.4 Å². The number of fused-ring (bicyclic) bond motifs is 3. The van der Waals surface area contributed by atoms with Crippen molar-refractivity contribution >= 4 is 23.4 Å². The summed E-state index contributed by atoms with van der Waals surface area (Å²) in [5, 5.41) is 0. The van der Waals surface area contributed by atoms with E-state index in [0.717, 1.165) is 41.9 Å². The fraction of sp³-hybridized carbons (Fsp3) is 0.346. The second kappa shape index (κ2) is 7.00. The van der Waals surface area contributed by atoms with Gasteiger partial charge in [-0.25, -0.2) is 0 Å². The number of likely N-dealkylation sites (tertiary alicyclic amines) is 1. The lowest BCUT2D eigenvalue weighted by Crippen LogP contribution is -2.53. The van der Waals surface area contributed by atoms with Gasteiger partial charge in [-0.2, -0.15) is 0 Å². The van der Waals surface area contributed by atoms with E-state index in [1.807, 2.05) is 36.2 Å². The maximum atomic E-state index is 13.2. The van der Waals surface area contributed by atoms with Crippen molar-refractivity contribution in [3.63, 3.8) is 0 Å². The smallest absolute Gasteiger partial charge is 0.299 e. The minimum absolute atomic E-state index is 0.120. The molecule has 3 heterocycles. The zero-order valence-corrected chi connectivity index (χ0v) is 17.9. The lowest BCUT2D eigenvalue weighted by molar-refractivity contribution is 0.0292. The van der Waals surface area contributed by atoms with Gasteiger partial charge in [0.15, 0.2) is 0 Å². The number of hydrogen-bond acceptors (Lipinski definition) is 2. The van der Waals surface area contributed by atoms with Crippen molar-refractivity contribution in [1.29, 1.82) is 0 Å². The average molecular weight is 400 g/mol. The number of para-hydroxylation sites is 1. The van der Waals surface area contributed by atoms with Gasteiger partial charge in [0.2, 0.25) is 0 Å². The molecule has 1 spiro atoms. The van der Waals surface area contributed by atoms with Gasteiger partial charge in [-0.1, -0.05) is 35.9 Å². The van der Waals surface area contributed by atoms with Crippen molar-refractivity contribution in [2.24, 2.45) is 0 Å². The van der Waals surface area contributed by atoms with Crippen LogP contribution in [-0.2, 0) is 0 Å². The first-order valence-corrected chi connectivity index (χ1v) is 10.7. The standard InChI is InChI=1S/C26H27N2O2/c1-17-8-9-20(18(2)14-17)25(29)28-12-10-26(11-13-28)23-16-27-19(3)15-22(23)21-6-4-5-7-24(21)30-26/h4-9,14,16H,10-13,15H2,1-3H3/q+1. The van der Waals surface area contributed by atoms with Crippen LogP contribution in [0.15, 0.2) is 48.0 Å². The van der Waals surface area contributed by atoms with Crippen molar-refractivity contribution in [1.82, 2.24) is 9.57 Å². The summed E-state index contributed by atoms with van der Waals surface area (Å²) in [4.78, 5) is 15.1. The van der Waals surface area contributed by atoms with E-state index in [0.29, 0.717) is 13.1 Å². The second-order valence-electron chi connectivity index (χ2n) is 8.77. The van der Waals surface area contributed by atoms with Crippen LogP contribution >= 0.6 is 0 Å². The van der Waals surface area contributed by atoms with Crippen LogP contribution in [0.1, 0.15) is 53.2 Å². The largest absolute Gasteiger partial charge is 0.482 e. The zero-order chi connectivity index (χ0) is 20.9. The topological polar surface area (TPSA) is 43.6 Å². The molecule has 1 saturated heterocycles. The lowest BCUT2D eigenvalue weighted by Gasteiger charge is -2.45. The quantitative estimate of drug-likeness (QED) is 0.677. The molecule has 0 bridgehead atoms. The number of nitrogens with zero attached hydrogens (tertiary/aromatic N) is 2. The highest BCUT2D eigenvalue weighted by atomic mass is 16.5. The number of rotatable bonds is 1. The maximum Gasteiger partial charge on any atom is 0.299 e. The molecule has 4 nitrogen and oxygen atoms in total. The van der Waals surface area contributed by atoms with E-state index in [-0.39, 0.29) is 5.91 Å².